The second-order valence-electron chi connectivity index (χ2n) is 6.59. The lowest BCUT2D eigenvalue weighted by molar-refractivity contribution is -0.129. The van der Waals surface area contributed by atoms with Crippen LogP contribution in [0.1, 0.15) is 59.5 Å². The van der Waals surface area contributed by atoms with Gasteiger partial charge >= 0.3 is 5.97 Å². The molecule has 0 bridgehead atoms. The second kappa shape index (κ2) is 8.99. The molecule has 4 nitrogen and oxygen atoms in total. The number of rotatable bonds is 5. The van der Waals surface area contributed by atoms with Gasteiger partial charge in [0.1, 0.15) is 0 Å². The van der Waals surface area contributed by atoms with Gasteiger partial charge in [-0.2, -0.15) is 0 Å². The maximum atomic E-state index is 12.3. The summed E-state index contributed by atoms with van der Waals surface area (Å²) >= 11 is 3.91. The quantitative estimate of drug-likeness (QED) is 0.779. The van der Waals surface area contributed by atoms with Crippen molar-refractivity contribution in [3.05, 3.63) is 35.4 Å². The third-order valence-corrected chi connectivity index (χ3v) is 7.62. The zero-order valence-corrected chi connectivity index (χ0v) is 16.2. The van der Waals surface area contributed by atoms with E-state index in [0.717, 1.165) is 25.7 Å². The molecule has 0 spiro atoms. The van der Waals surface area contributed by atoms with Crippen LogP contribution in [0.25, 0.3) is 0 Å². The summed E-state index contributed by atoms with van der Waals surface area (Å²) in [5, 5.41) is 2.97. The van der Waals surface area contributed by atoms with Crippen molar-refractivity contribution in [3.63, 3.8) is 0 Å². The Kier molecular flexibility index (Phi) is 6.70. The molecule has 1 saturated heterocycles. The highest BCUT2D eigenvalue weighted by molar-refractivity contribution is 8.16. The van der Waals surface area contributed by atoms with Crippen LogP contribution in [0.5, 0.6) is 0 Å². The molecule has 1 aliphatic heterocycles. The summed E-state index contributed by atoms with van der Waals surface area (Å²) in [7, 11) is 0. The van der Waals surface area contributed by atoms with E-state index in [1.54, 1.807) is 19.1 Å². The average Bonchev–Trinajstić information content (AvgIpc) is 3.15. The molecule has 1 aromatic rings. The Morgan fingerprint density at radius 2 is 1.72 bits per heavy atom. The highest BCUT2D eigenvalue weighted by Crippen LogP contribution is 2.43. The summed E-state index contributed by atoms with van der Waals surface area (Å²) in [6.45, 7) is 1.63. The van der Waals surface area contributed by atoms with Crippen molar-refractivity contribution in [1.29, 1.82) is 0 Å². The first kappa shape index (κ1) is 18.6. The summed E-state index contributed by atoms with van der Waals surface area (Å²) in [5.74, 6) is 1.74. The molecule has 1 aliphatic carbocycles. The van der Waals surface area contributed by atoms with E-state index in [-0.39, 0.29) is 11.9 Å². The molecule has 25 heavy (non-hydrogen) atoms. The molecule has 136 valence electrons. The molecular formula is C19H25NO3S2. The van der Waals surface area contributed by atoms with Crippen LogP contribution < -0.4 is 5.32 Å². The van der Waals surface area contributed by atoms with Crippen LogP contribution in [0, 0.1) is 0 Å². The summed E-state index contributed by atoms with van der Waals surface area (Å²) < 4.78 is 5.79. The van der Waals surface area contributed by atoms with Crippen molar-refractivity contribution in [2.45, 2.75) is 55.8 Å². The first-order valence-corrected chi connectivity index (χ1v) is 11.1. The van der Waals surface area contributed by atoms with Crippen LogP contribution in [0.3, 0.4) is 0 Å². The fourth-order valence-electron chi connectivity index (χ4n) is 3.13. The van der Waals surface area contributed by atoms with Gasteiger partial charge in [0.25, 0.3) is 5.91 Å². The molecule has 1 N–H and O–H groups in total. The zero-order chi connectivity index (χ0) is 17.6. The lowest BCUT2D eigenvalue weighted by Crippen LogP contribution is -2.40. The fourth-order valence-corrected chi connectivity index (χ4v) is 6.02. The Hall–Kier alpha value is -1.14. The zero-order valence-electron chi connectivity index (χ0n) is 14.5. The van der Waals surface area contributed by atoms with Crippen molar-refractivity contribution in [1.82, 2.24) is 5.32 Å². The van der Waals surface area contributed by atoms with E-state index >= 15 is 0 Å². The van der Waals surface area contributed by atoms with Gasteiger partial charge in [-0.3, -0.25) is 4.79 Å². The highest BCUT2D eigenvalue weighted by Gasteiger charge is 2.24. The number of ether oxygens (including phenoxy) is 1. The Morgan fingerprint density at radius 3 is 2.36 bits per heavy atom. The van der Waals surface area contributed by atoms with E-state index in [1.807, 2.05) is 35.7 Å². The van der Waals surface area contributed by atoms with Gasteiger partial charge in [0.05, 0.1) is 10.1 Å². The van der Waals surface area contributed by atoms with E-state index < -0.39 is 12.1 Å². The standard InChI is InChI=1S/C19H25NO3S2/c1-13(17(21)20-16-5-2-3-6-16)23-18(22)14-7-9-15(10-8-14)19-24-11-4-12-25-19/h7-10,13,16,19H,2-6,11-12H2,1H3,(H,20,21). The van der Waals surface area contributed by atoms with Gasteiger partial charge in [0, 0.05) is 6.04 Å². The van der Waals surface area contributed by atoms with Gasteiger partial charge in [0.2, 0.25) is 0 Å². The van der Waals surface area contributed by atoms with Crippen molar-refractivity contribution in [3.8, 4) is 0 Å². The van der Waals surface area contributed by atoms with Gasteiger partial charge in [-0.25, -0.2) is 4.79 Å². The molecule has 1 saturated carbocycles. The van der Waals surface area contributed by atoms with Crippen LogP contribution in [-0.2, 0) is 9.53 Å². The highest BCUT2D eigenvalue weighted by atomic mass is 32.2. The number of esters is 1. The maximum Gasteiger partial charge on any atom is 0.338 e. The topological polar surface area (TPSA) is 55.4 Å². The van der Waals surface area contributed by atoms with Crippen molar-refractivity contribution in [2.24, 2.45) is 0 Å². The molecule has 1 atom stereocenters. The Bertz CT molecular complexity index is 593. The summed E-state index contributed by atoms with van der Waals surface area (Å²) in [4.78, 5) is 24.4. The third kappa shape index (κ3) is 5.17. The molecule has 6 heteroatoms. The van der Waals surface area contributed by atoms with E-state index in [2.05, 4.69) is 5.32 Å². The largest absolute Gasteiger partial charge is 0.449 e. The van der Waals surface area contributed by atoms with Gasteiger partial charge < -0.3 is 10.1 Å². The van der Waals surface area contributed by atoms with Crippen LogP contribution in [0.2, 0.25) is 0 Å². The molecule has 0 radical (unpaired) electrons. The number of hydrogen-bond donors (Lipinski definition) is 1. The van der Waals surface area contributed by atoms with E-state index in [0.29, 0.717) is 10.1 Å². The first-order valence-electron chi connectivity index (χ1n) is 8.98. The maximum absolute atomic E-state index is 12.3. The molecule has 2 fully saturated rings. The van der Waals surface area contributed by atoms with E-state index in [9.17, 15) is 9.59 Å². The molecule has 1 amide bonds. The molecule has 3 rings (SSSR count). The molecule has 0 aromatic heterocycles. The molecule has 1 unspecified atom stereocenters. The predicted octanol–water partition coefficient (Wildman–Crippen LogP) is 4.16. The number of hydrogen-bond acceptors (Lipinski definition) is 5. The predicted molar refractivity (Wildman–Crippen MR) is 104 cm³/mol. The van der Waals surface area contributed by atoms with Gasteiger partial charge in [-0.15, -0.1) is 23.5 Å². The number of nitrogens with one attached hydrogen (secondary N) is 1. The minimum atomic E-state index is -0.766. The normalized spacial score (nSPS) is 20.2. The number of amides is 1. The van der Waals surface area contributed by atoms with E-state index in [1.165, 1.54) is 23.5 Å². The van der Waals surface area contributed by atoms with Gasteiger partial charge in [-0.1, -0.05) is 25.0 Å². The van der Waals surface area contributed by atoms with Crippen LogP contribution in [-0.4, -0.2) is 35.5 Å². The second-order valence-corrected chi connectivity index (χ2v) is 9.31. The number of carbonyl (C=O) groups excluding carboxylic acids is 2. The smallest absolute Gasteiger partial charge is 0.338 e. The Labute approximate surface area is 157 Å². The van der Waals surface area contributed by atoms with Crippen molar-refractivity contribution < 1.29 is 14.3 Å². The minimum absolute atomic E-state index is 0.202. The lowest BCUT2D eigenvalue weighted by Gasteiger charge is -2.21. The van der Waals surface area contributed by atoms with Crippen LogP contribution >= 0.6 is 23.5 Å². The monoisotopic (exact) mass is 379 g/mol. The van der Waals surface area contributed by atoms with Crippen LogP contribution in [0.4, 0.5) is 0 Å². The minimum Gasteiger partial charge on any atom is -0.449 e. The molecule has 1 heterocycles. The molecule has 2 aliphatic rings. The fraction of sp³-hybridized carbons (Fsp3) is 0.579. The van der Waals surface area contributed by atoms with Crippen molar-refractivity contribution in [2.75, 3.05) is 11.5 Å². The first-order chi connectivity index (χ1) is 12.1. The van der Waals surface area contributed by atoms with Crippen LogP contribution in [0.15, 0.2) is 24.3 Å². The summed E-state index contributed by atoms with van der Waals surface area (Å²) in [6, 6.07) is 7.83. The van der Waals surface area contributed by atoms with Gasteiger partial charge in [0.15, 0.2) is 6.10 Å². The number of thioether (sulfide) groups is 2. The van der Waals surface area contributed by atoms with Crippen molar-refractivity contribution >= 4 is 35.4 Å². The SMILES string of the molecule is CC(OC(=O)c1ccc(C2SCCCS2)cc1)C(=O)NC1CCCC1. The Balaban J connectivity index is 1.52. The van der Waals surface area contributed by atoms with E-state index in [4.69, 9.17) is 4.74 Å². The third-order valence-electron chi connectivity index (χ3n) is 4.60. The Morgan fingerprint density at radius 1 is 1.08 bits per heavy atom. The summed E-state index contributed by atoms with van der Waals surface area (Å²) in [5.41, 5.74) is 1.73. The van der Waals surface area contributed by atoms with Gasteiger partial charge in [-0.05, 0) is 55.4 Å². The average molecular weight is 380 g/mol. The lowest BCUT2D eigenvalue weighted by atomic mass is 10.1. The molecular weight excluding hydrogens is 354 g/mol. The summed E-state index contributed by atoms with van der Waals surface area (Å²) in [6.07, 6.45) is 4.84. The number of benzene rings is 1. The molecule has 1 aromatic carbocycles. The number of carbonyl (C=O) groups is 2.